The Balaban J connectivity index is 1.89. The van der Waals surface area contributed by atoms with Crippen molar-refractivity contribution in [2.75, 3.05) is 5.32 Å². The number of aliphatic carboxylic acids is 1. The summed E-state index contributed by atoms with van der Waals surface area (Å²) in [7, 11) is 0. The number of allylic oxidation sites excluding steroid dienone is 2. The highest BCUT2D eigenvalue weighted by Crippen LogP contribution is 2.48. The van der Waals surface area contributed by atoms with Crippen LogP contribution in [0.2, 0.25) is 0 Å². The number of carboxylic acid groups (broad SMARTS) is 1. The molecule has 0 radical (unpaired) electrons. The lowest BCUT2D eigenvalue weighted by Crippen LogP contribution is -2.43. The van der Waals surface area contributed by atoms with Gasteiger partial charge in [0.15, 0.2) is 0 Å². The van der Waals surface area contributed by atoms with E-state index in [1.54, 1.807) is 0 Å². The van der Waals surface area contributed by atoms with Gasteiger partial charge in [0.25, 0.3) is 5.91 Å². The zero-order valence-electron chi connectivity index (χ0n) is 13.5. The van der Waals surface area contributed by atoms with Gasteiger partial charge in [-0.2, -0.15) is 0 Å². The van der Waals surface area contributed by atoms with E-state index in [4.69, 9.17) is 5.73 Å². The molecule has 0 aromatic carbocycles. The molecule has 1 heterocycles. The predicted octanol–water partition coefficient (Wildman–Crippen LogP) is 0.845. The van der Waals surface area contributed by atoms with E-state index in [0.717, 1.165) is 10.4 Å². The largest absolute Gasteiger partial charge is 0.550 e. The summed E-state index contributed by atoms with van der Waals surface area (Å²) in [5, 5.41) is 14.6. The van der Waals surface area contributed by atoms with E-state index in [9.17, 15) is 19.5 Å². The summed E-state index contributed by atoms with van der Waals surface area (Å²) in [5.41, 5.74) is 6.63. The maximum absolute atomic E-state index is 12.7. The number of carboxylic acids is 1. The lowest BCUT2D eigenvalue weighted by molar-refractivity contribution is -0.313. The van der Waals surface area contributed by atoms with Gasteiger partial charge < -0.3 is 21.0 Å². The molecule has 3 N–H and O–H groups in total. The average molecular weight is 347 g/mol. The van der Waals surface area contributed by atoms with Crippen LogP contribution in [0.5, 0.6) is 0 Å². The van der Waals surface area contributed by atoms with Gasteiger partial charge in [-0.25, -0.2) is 0 Å². The van der Waals surface area contributed by atoms with Crippen LogP contribution in [0.4, 0.5) is 5.00 Å². The molecule has 0 spiro atoms. The Hall–Kier alpha value is -2.15. The molecule has 6 nitrogen and oxygen atoms in total. The molecule has 2 amide bonds. The summed E-state index contributed by atoms with van der Waals surface area (Å²) >= 11 is 1.30. The zero-order valence-corrected chi connectivity index (χ0v) is 14.3. The number of thiophene rings is 1. The number of carbonyl (C=O) groups excluding carboxylic acids is 3. The molecular weight excluding hydrogens is 328 g/mol. The highest BCUT2D eigenvalue weighted by Gasteiger charge is 2.48. The van der Waals surface area contributed by atoms with Crippen LogP contribution in [-0.4, -0.2) is 17.8 Å². The van der Waals surface area contributed by atoms with E-state index in [-0.39, 0.29) is 17.7 Å². The minimum Gasteiger partial charge on any atom is -0.550 e. The Bertz CT molecular complexity index is 752. The number of carbonyl (C=O) groups is 3. The van der Waals surface area contributed by atoms with Crippen molar-refractivity contribution in [2.24, 2.45) is 29.4 Å². The summed E-state index contributed by atoms with van der Waals surface area (Å²) in [4.78, 5) is 36.9. The van der Waals surface area contributed by atoms with Gasteiger partial charge in [0.05, 0.1) is 11.5 Å². The van der Waals surface area contributed by atoms with E-state index in [1.807, 2.05) is 26.0 Å². The highest BCUT2D eigenvalue weighted by molar-refractivity contribution is 7.16. The number of nitrogens with one attached hydrogen (secondary N) is 1. The SMILES string of the molecule is CCc1c(C)sc(NC(=O)[C@H]2[C@@H](C(=O)[O-])[C@H]3C=C[C@@H]2C3)c1C(N)=O. The number of aryl methyl sites for hydroxylation is 1. The Morgan fingerprint density at radius 3 is 2.46 bits per heavy atom. The summed E-state index contributed by atoms with van der Waals surface area (Å²) in [5.74, 6) is -3.90. The second-order valence-corrected chi connectivity index (χ2v) is 7.59. The quantitative estimate of drug-likeness (QED) is 0.769. The van der Waals surface area contributed by atoms with E-state index in [1.165, 1.54) is 11.3 Å². The van der Waals surface area contributed by atoms with E-state index >= 15 is 0 Å². The monoisotopic (exact) mass is 347 g/mol. The Morgan fingerprint density at radius 2 is 1.92 bits per heavy atom. The van der Waals surface area contributed by atoms with Gasteiger partial charge in [-0.15, -0.1) is 11.3 Å². The molecule has 2 aliphatic carbocycles. The molecule has 2 bridgehead atoms. The average Bonchev–Trinajstić information content (AvgIpc) is 3.18. The van der Waals surface area contributed by atoms with Crippen molar-refractivity contribution in [2.45, 2.75) is 26.7 Å². The van der Waals surface area contributed by atoms with Crippen LogP contribution in [-0.2, 0) is 16.0 Å². The number of rotatable bonds is 5. The molecule has 128 valence electrons. The smallest absolute Gasteiger partial charge is 0.251 e. The topological polar surface area (TPSA) is 112 Å². The van der Waals surface area contributed by atoms with Gasteiger partial charge in [-0.05, 0) is 37.2 Å². The standard InChI is InChI=1S/C17H20N2O4S/c1-3-10-7(2)24-16(13(10)14(18)20)19-15(21)11-8-4-5-9(6-8)12(11)17(22)23/h4-5,8-9,11-12H,3,6H2,1-2H3,(H2,18,20)(H,19,21)(H,22,23)/p-1/t8-,9+,11-,12+/m1/s1. The lowest BCUT2D eigenvalue weighted by atomic mass is 9.82. The van der Waals surface area contributed by atoms with Crippen molar-refractivity contribution in [3.63, 3.8) is 0 Å². The molecule has 0 unspecified atom stereocenters. The first-order chi connectivity index (χ1) is 11.3. The summed E-state index contributed by atoms with van der Waals surface area (Å²) in [6, 6.07) is 0. The van der Waals surface area contributed by atoms with Crippen molar-refractivity contribution in [3.8, 4) is 0 Å². The molecular formula is C17H19N2O4S-. The minimum absolute atomic E-state index is 0.0957. The van der Waals surface area contributed by atoms with Crippen molar-refractivity contribution in [3.05, 3.63) is 28.2 Å². The molecule has 7 heteroatoms. The Kier molecular flexibility index (Phi) is 4.21. The summed E-state index contributed by atoms with van der Waals surface area (Å²) in [6.45, 7) is 3.79. The molecule has 24 heavy (non-hydrogen) atoms. The molecule has 1 aromatic heterocycles. The highest BCUT2D eigenvalue weighted by atomic mass is 32.1. The normalized spacial score (nSPS) is 27.4. The van der Waals surface area contributed by atoms with Gasteiger partial charge >= 0.3 is 0 Å². The van der Waals surface area contributed by atoms with Crippen LogP contribution in [0.3, 0.4) is 0 Å². The molecule has 3 rings (SSSR count). The Morgan fingerprint density at radius 1 is 1.29 bits per heavy atom. The fraction of sp³-hybridized carbons (Fsp3) is 0.471. The van der Waals surface area contributed by atoms with Crippen molar-refractivity contribution in [1.82, 2.24) is 0 Å². The third-order valence-electron chi connectivity index (χ3n) is 5.08. The lowest BCUT2D eigenvalue weighted by Gasteiger charge is -2.27. The minimum atomic E-state index is -1.20. The van der Waals surface area contributed by atoms with E-state index < -0.39 is 23.7 Å². The number of primary amides is 1. The number of fused-ring (bicyclic) bond motifs is 2. The van der Waals surface area contributed by atoms with Gasteiger partial charge in [-0.1, -0.05) is 19.1 Å². The maximum Gasteiger partial charge on any atom is 0.251 e. The van der Waals surface area contributed by atoms with Gasteiger partial charge in [0.2, 0.25) is 5.91 Å². The molecule has 0 saturated heterocycles. The van der Waals surface area contributed by atoms with Gasteiger partial charge in [-0.3, -0.25) is 9.59 Å². The first kappa shape index (κ1) is 16.7. The maximum atomic E-state index is 12.7. The van der Waals surface area contributed by atoms with Crippen LogP contribution in [0, 0.1) is 30.6 Å². The second kappa shape index (κ2) is 6.05. The van der Waals surface area contributed by atoms with Crippen LogP contribution >= 0.6 is 11.3 Å². The first-order valence-corrected chi connectivity index (χ1v) is 8.78. The van der Waals surface area contributed by atoms with Gasteiger partial charge in [0.1, 0.15) is 5.00 Å². The molecule has 1 fully saturated rings. The fourth-order valence-corrected chi connectivity index (χ4v) is 5.20. The number of anilines is 1. The third kappa shape index (κ3) is 2.53. The van der Waals surface area contributed by atoms with Crippen LogP contribution in [0.25, 0.3) is 0 Å². The van der Waals surface area contributed by atoms with Crippen molar-refractivity contribution < 1.29 is 19.5 Å². The molecule has 2 aliphatic rings. The summed E-state index contributed by atoms with van der Waals surface area (Å²) in [6.07, 6.45) is 5.05. The molecule has 1 aromatic rings. The number of nitrogens with two attached hydrogens (primary N) is 1. The van der Waals surface area contributed by atoms with E-state index in [2.05, 4.69) is 5.32 Å². The first-order valence-electron chi connectivity index (χ1n) is 7.97. The molecule has 0 aliphatic heterocycles. The number of hydrogen-bond donors (Lipinski definition) is 2. The van der Waals surface area contributed by atoms with Crippen LogP contribution in [0.15, 0.2) is 12.2 Å². The van der Waals surface area contributed by atoms with Crippen molar-refractivity contribution in [1.29, 1.82) is 0 Å². The van der Waals surface area contributed by atoms with Crippen LogP contribution in [0.1, 0.15) is 34.1 Å². The second-order valence-electron chi connectivity index (χ2n) is 6.37. The molecule has 4 atom stereocenters. The number of hydrogen-bond acceptors (Lipinski definition) is 5. The molecule has 1 saturated carbocycles. The fourth-order valence-electron chi connectivity index (χ4n) is 4.05. The predicted molar refractivity (Wildman–Crippen MR) is 88.3 cm³/mol. The number of amides is 2. The summed E-state index contributed by atoms with van der Waals surface area (Å²) < 4.78 is 0. The van der Waals surface area contributed by atoms with Crippen LogP contribution < -0.4 is 16.2 Å². The zero-order chi connectivity index (χ0) is 17.6. The van der Waals surface area contributed by atoms with E-state index in [0.29, 0.717) is 23.4 Å². The third-order valence-corrected chi connectivity index (χ3v) is 6.14. The Labute approximate surface area is 143 Å². The van der Waals surface area contributed by atoms with Crippen molar-refractivity contribution >= 4 is 34.1 Å². The van der Waals surface area contributed by atoms with Gasteiger partial charge in [0, 0.05) is 16.8 Å².